The first-order valence-corrected chi connectivity index (χ1v) is 8.46. The number of thiazole rings is 1. The summed E-state index contributed by atoms with van der Waals surface area (Å²) in [6.07, 6.45) is 1.88. The average molecular weight is 304 g/mol. The Morgan fingerprint density at radius 3 is 2.62 bits per heavy atom. The molecule has 0 bridgehead atoms. The van der Waals surface area contributed by atoms with Crippen LogP contribution in [0.15, 0.2) is 29.6 Å². The van der Waals surface area contributed by atoms with Gasteiger partial charge in [-0.15, -0.1) is 11.3 Å². The maximum atomic E-state index is 6.04. The van der Waals surface area contributed by atoms with Gasteiger partial charge in [0.15, 0.2) is 0 Å². The molecule has 114 valence electrons. The molecule has 0 spiro atoms. The van der Waals surface area contributed by atoms with Crippen molar-refractivity contribution in [2.75, 3.05) is 6.61 Å². The van der Waals surface area contributed by atoms with Crippen LogP contribution in [0.3, 0.4) is 0 Å². The Morgan fingerprint density at radius 2 is 2.00 bits per heavy atom. The molecule has 2 rings (SSSR count). The zero-order chi connectivity index (χ0) is 15.3. The van der Waals surface area contributed by atoms with Gasteiger partial charge in [0.05, 0.1) is 5.69 Å². The lowest BCUT2D eigenvalue weighted by molar-refractivity contribution is -0.0505. The van der Waals surface area contributed by atoms with E-state index in [1.165, 1.54) is 0 Å². The minimum Gasteiger partial charge on any atom is -0.368 e. The summed E-state index contributed by atoms with van der Waals surface area (Å²) < 4.78 is 6.04. The fraction of sp³-hybridized carbons (Fsp3) is 0.471. The number of nitrogens with two attached hydrogens (primary N) is 1. The summed E-state index contributed by atoms with van der Waals surface area (Å²) in [4.78, 5) is 4.84. The molecular weight excluding hydrogens is 280 g/mol. The molecule has 1 heterocycles. The Morgan fingerprint density at radius 1 is 1.24 bits per heavy atom. The monoisotopic (exact) mass is 304 g/mol. The maximum Gasteiger partial charge on any atom is 0.125 e. The van der Waals surface area contributed by atoms with Gasteiger partial charge in [0.25, 0.3) is 0 Å². The van der Waals surface area contributed by atoms with Crippen LogP contribution < -0.4 is 5.73 Å². The van der Waals surface area contributed by atoms with Crippen LogP contribution in [0, 0.1) is 0 Å². The van der Waals surface area contributed by atoms with E-state index >= 15 is 0 Å². The predicted molar refractivity (Wildman–Crippen MR) is 89.3 cm³/mol. The van der Waals surface area contributed by atoms with Crippen molar-refractivity contribution in [2.24, 2.45) is 5.73 Å². The van der Waals surface area contributed by atoms with Gasteiger partial charge in [0.1, 0.15) is 10.6 Å². The van der Waals surface area contributed by atoms with Gasteiger partial charge in [-0.25, -0.2) is 4.98 Å². The number of hydrogen-bond donors (Lipinski definition) is 1. The van der Waals surface area contributed by atoms with E-state index in [4.69, 9.17) is 15.5 Å². The summed E-state index contributed by atoms with van der Waals surface area (Å²) >= 11 is 1.69. The van der Waals surface area contributed by atoms with Gasteiger partial charge in [-0.1, -0.05) is 32.0 Å². The Balaban J connectivity index is 2.35. The summed E-state index contributed by atoms with van der Waals surface area (Å²) in [5.41, 5.74) is 8.73. The Hall–Kier alpha value is -1.23. The SMILES string of the molecule is CCOC(CC)(CC)c1nc(-c2cccc(CN)c2)cs1. The summed E-state index contributed by atoms with van der Waals surface area (Å²) in [5, 5.41) is 3.19. The van der Waals surface area contributed by atoms with Crippen LogP contribution in [0.25, 0.3) is 11.3 Å². The molecule has 1 aromatic heterocycles. The zero-order valence-electron chi connectivity index (χ0n) is 13.1. The first kappa shape index (κ1) is 16.1. The minimum atomic E-state index is -0.247. The van der Waals surface area contributed by atoms with E-state index < -0.39 is 0 Å². The van der Waals surface area contributed by atoms with Crippen molar-refractivity contribution in [3.05, 3.63) is 40.2 Å². The number of benzene rings is 1. The van der Waals surface area contributed by atoms with Gasteiger partial charge in [-0.3, -0.25) is 0 Å². The Kier molecular flexibility index (Phi) is 5.51. The quantitative estimate of drug-likeness (QED) is 0.828. The molecule has 0 radical (unpaired) electrons. The molecule has 2 N–H and O–H groups in total. The van der Waals surface area contributed by atoms with E-state index in [2.05, 4.69) is 31.4 Å². The van der Waals surface area contributed by atoms with Gasteiger partial charge >= 0.3 is 0 Å². The second-order valence-corrected chi connectivity index (χ2v) is 5.93. The molecule has 4 heteroatoms. The summed E-state index contributed by atoms with van der Waals surface area (Å²) in [7, 11) is 0. The molecule has 1 aromatic carbocycles. The highest BCUT2D eigenvalue weighted by molar-refractivity contribution is 7.10. The first-order chi connectivity index (χ1) is 10.2. The topological polar surface area (TPSA) is 48.1 Å². The van der Waals surface area contributed by atoms with Crippen molar-refractivity contribution < 1.29 is 4.74 Å². The molecule has 0 atom stereocenters. The van der Waals surface area contributed by atoms with E-state index in [-0.39, 0.29) is 5.60 Å². The van der Waals surface area contributed by atoms with Gasteiger partial charge in [-0.05, 0) is 31.4 Å². The van der Waals surface area contributed by atoms with E-state index in [9.17, 15) is 0 Å². The normalized spacial score (nSPS) is 11.8. The molecule has 0 aliphatic rings. The predicted octanol–water partition coefficient (Wildman–Crippen LogP) is 4.32. The smallest absolute Gasteiger partial charge is 0.125 e. The van der Waals surface area contributed by atoms with Crippen LogP contribution in [0.2, 0.25) is 0 Å². The van der Waals surface area contributed by atoms with Gasteiger partial charge in [-0.2, -0.15) is 0 Å². The molecule has 21 heavy (non-hydrogen) atoms. The van der Waals surface area contributed by atoms with Crippen LogP contribution in [0.5, 0.6) is 0 Å². The van der Waals surface area contributed by atoms with Crippen molar-refractivity contribution in [1.29, 1.82) is 0 Å². The van der Waals surface area contributed by atoms with Crippen molar-refractivity contribution in [3.8, 4) is 11.3 Å². The number of aromatic nitrogens is 1. The third-order valence-electron chi connectivity index (χ3n) is 3.92. The largest absolute Gasteiger partial charge is 0.368 e. The second-order valence-electron chi connectivity index (χ2n) is 5.08. The summed E-state index contributed by atoms with van der Waals surface area (Å²) in [5.74, 6) is 0. The Labute approximate surface area is 131 Å². The van der Waals surface area contributed by atoms with Crippen molar-refractivity contribution in [2.45, 2.75) is 45.8 Å². The minimum absolute atomic E-state index is 0.247. The van der Waals surface area contributed by atoms with E-state index in [1.807, 2.05) is 19.1 Å². The fourth-order valence-corrected chi connectivity index (χ4v) is 3.69. The molecule has 0 amide bonds. The van der Waals surface area contributed by atoms with Crippen molar-refractivity contribution in [3.63, 3.8) is 0 Å². The number of rotatable bonds is 7. The standard InChI is InChI=1S/C17H24N2OS/c1-4-17(5-2,20-6-3)16-19-15(12-21-16)14-9-7-8-13(10-14)11-18/h7-10,12H,4-6,11,18H2,1-3H3. The molecule has 2 aromatic rings. The van der Waals surface area contributed by atoms with Crippen LogP contribution in [0.4, 0.5) is 0 Å². The van der Waals surface area contributed by atoms with Gasteiger partial charge in [0, 0.05) is 24.1 Å². The molecule has 0 aliphatic heterocycles. The summed E-state index contributed by atoms with van der Waals surface area (Å²) in [6.45, 7) is 7.63. The first-order valence-electron chi connectivity index (χ1n) is 7.58. The van der Waals surface area contributed by atoms with Gasteiger partial charge < -0.3 is 10.5 Å². The fourth-order valence-electron chi connectivity index (χ4n) is 2.57. The highest BCUT2D eigenvalue weighted by Crippen LogP contribution is 2.37. The maximum absolute atomic E-state index is 6.04. The number of ether oxygens (including phenoxy) is 1. The zero-order valence-corrected chi connectivity index (χ0v) is 13.9. The van der Waals surface area contributed by atoms with Crippen LogP contribution >= 0.6 is 11.3 Å². The molecule has 0 fully saturated rings. The highest BCUT2D eigenvalue weighted by atomic mass is 32.1. The lowest BCUT2D eigenvalue weighted by Gasteiger charge is -2.29. The third kappa shape index (κ3) is 3.34. The molecule has 0 saturated heterocycles. The van der Waals surface area contributed by atoms with Crippen LogP contribution in [-0.4, -0.2) is 11.6 Å². The van der Waals surface area contributed by atoms with Crippen molar-refractivity contribution in [1.82, 2.24) is 4.98 Å². The number of nitrogens with zero attached hydrogens (tertiary/aromatic N) is 1. The van der Waals surface area contributed by atoms with E-state index in [0.717, 1.165) is 34.7 Å². The number of hydrogen-bond acceptors (Lipinski definition) is 4. The van der Waals surface area contributed by atoms with Crippen LogP contribution in [0.1, 0.15) is 44.2 Å². The highest BCUT2D eigenvalue weighted by Gasteiger charge is 2.32. The van der Waals surface area contributed by atoms with Crippen LogP contribution in [-0.2, 0) is 16.9 Å². The van der Waals surface area contributed by atoms with E-state index in [0.29, 0.717) is 13.2 Å². The second kappa shape index (κ2) is 7.16. The molecule has 0 aliphatic carbocycles. The third-order valence-corrected chi connectivity index (χ3v) is 4.94. The molecule has 0 saturated carbocycles. The lowest BCUT2D eigenvalue weighted by atomic mass is 9.98. The summed E-state index contributed by atoms with van der Waals surface area (Å²) in [6, 6.07) is 8.27. The molecule has 0 unspecified atom stereocenters. The van der Waals surface area contributed by atoms with Crippen molar-refractivity contribution >= 4 is 11.3 Å². The van der Waals surface area contributed by atoms with Gasteiger partial charge in [0.2, 0.25) is 0 Å². The molecule has 3 nitrogen and oxygen atoms in total. The average Bonchev–Trinajstić information content (AvgIpc) is 3.03. The van der Waals surface area contributed by atoms with E-state index in [1.54, 1.807) is 11.3 Å². The Bertz CT molecular complexity index is 576. The molecular formula is C17H24N2OS. The lowest BCUT2D eigenvalue weighted by Crippen LogP contribution is -2.28.